The Hall–Kier alpha value is -4.45. The van der Waals surface area contributed by atoms with Gasteiger partial charge in [0.1, 0.15) is 0 Å². The van der Waals surface area contributed by atoms with Gasteiger partial charge in [-0.25, -0.2) is 0 Å². The van der Waals surface area contributed by atoms with Crippen molar-refractivity contribution in [1.29, 1.82) is 0 Å². The van der Waals surface area contributed by atoms with Crippen molar-refractivity contribution in [3.05, 3.63) is 72.4 Å². The van der Waals surface area contributed by atoms with E-state index in [1.54, 1.807) is 24.4 Å². The average Bonchev–Trinajstić information content (AvgIpc) is 3.53. The van der Waals surface area contributed by atoms with Crippen LogP contribution < -0.4 is 26.2 Å². The molecule has 2 aliphatic rings. The van der Waals surface area contributed by atoms with E-state index in [1.807, 2.05) is 18.2 Å². The van der Waals surface area contributed by atoms with E-state index in [2.05, 4.69) is 48.3 Å². The maximum atomic E-state index is 13.9. The number of hydrogen-bond donors (Lipinski definition) is 5. The molecular formula is C27H27F3N8O. The first-order chi connectivity index (χ1) is 18.7. The Balaban J connectivity index is 1.34. The van der Waals surface area contributed by atoms with Gasteiger partial charge in [0.15, 0.2) is 0 Å². The van der Waals surface area contributed by atoms with Gasteiger partial charge in [-0.05, 0) is 55.6 Å². The molecule has 6 rings (SSSR count). The first-order valence-corrected chi connectivity index (χ1v) is 12.5. The highest BCUT2D eigenvalue weighted by Gasteiger charge is 2.46. The van der Waals surface area contributed by atoms with E-state index in [0.717, 1.165) is 48.8 Å². The number of piperazine rings is 1. The van der Waals surface area contributed by atoms with E-state index < -0.39 is 23.4 Å². The summed E-state index contributed by atoms with van der Waals surface area (Å²) in [4.78, 5) is 18.3. The summed E-state index contributed by atoms with van der Waals surface area (Å²) in [6.07, 6.45) is -2.99. The van der Waals surface area contributed by atoms with Crippen molar-refractivity contribution >= 4 is 45.2 Å². The molecule has 2 aliphatic heterocycles. The molecule has 1 atom stereocenters. The molecule has 0 bridgehead atoms. The van der Waals surface area contributed by atoms with Crippen molar-refractivity contribution in [1.82, 2.24) is 15.1 Å². The number of nitrogens with zero attached hydrogens (tertiary/aromatic N) is 3. The van der Waals surface area contributed by atoms with Gasteiger partial charge in [0.2, 0.25) is 0 Å². The summed E-state index contributed by atoms with van der Waals surface area (Å²) in [7, 11) is 2.08. The quantitative estimate of drug-likeness (QED) is 0.255. The second kappa shape index (κ2) is 9.38. The van der Waals surface area contributed by atoms with Gasteiger partial charge in [-0.15, -0.1) is 0 Å². The zero-order valence-electron chi connectivity index (χ0n) is 21.1. The SMILES string of the molecule is CN1CCN(c2ccc3c(c2)NC(Nc2ccccc2C(F)(F)F)(C(=O)Nc2ccc4[nH]ncc4c2)N3)CC1. The Morgan fingerprint density at radius 3 is 2.54 bits per heavy atom. The number of para-hydroxylation sites is 1. The number of halogens is 3. The minimum atomic E-state index is -4.62. The van der Waals surface area contributed by atoms with Crippen LogP contribution in [0.3, 0.4) is 0 Å². The minimum absolute atomic E-state index is 0.238. The number of rotatable bonds is 5. The molecule has 1 saturated heterocycles. The summed E-state index contributed by atoms with van der Waals surface area (Å²) in [6, 6.07) is 16.0. The summed E-state index contributed by atoms with van der Waals surface area (Å²) in [6.45, 7) is 3.54. The van der Waals surface area contributed by atoms with E-state index >= 15 is 0 Å². The van der Waals surface area contributed by atoms with Crippen LogP contribution in [0, 0.1) is 0 Å². The third-order valence-corrected chi connectivity index (χ3v) is 7.11. The third kappa shape index (κ3) is 4.78. The highest BCUT2D eigenvalue weighted by molar-refractivity contribution is 6.07. The number of benzene rings is 3. The summed E-state index contributed by atoms with van der Waals surface area (Å²) in [5.74, 6) is -2.42. The lowest BCUT2D eigenvalue weighted by atomic mass is 10.1. The molecule has 1 amide bonds. The van der Waals surface area contributed by atoms with E-state index in [4.69, 9.17) is 0 Å². The molecule has 1 unspecified atom stereocenters. The molecule has 0 radical (unpaired) electrons. The van der Waals surface area contributed by atoms with Crippen molar-refractivity contribution in [2.24, 2.45) is 0 Å². The second-order valence-electron chi connectivity index (χ2n) is 9.81. The topological polar surface area (TPSA) is 100 Å². The van der Waals surface area contributed by atoms with E-state index in [9.17, 15) is 18.0 Å². The number of carbonyl (C=O) groups is 1. The van der Waals surface area contributed by atoms with Gasteiger partial charge in [-0.1, -0.05) is 12.1 Å². The number of likely N-dealkylation sites (N-methyl/N-ethyl adjacent to an activating group) is 1. The Morgan fingerprint density at radius 1 is 0.974 bits per heavy atom. The zero-order valence-corrected chi connectivity index (χ0v) is 21.1. The van der Waals surface area contributed by atoms with Crippen molar-refractivity contribution < 1.29 is 18.0 Å². The molecule has 1 fully saturated rings. The van der Waals surface area contributed by atoms with Crippen LogP contribution in [0.5, 0.6) is 0 Å². The summed E-state index contributed by atoms with van der Waals surface area (Å²) >= 11 is 0. The van der Waals surface area contributed by atoms with Crippen molar-refractivity contribution in [2.45, 2.75) is 12.0 Å². The van der Waals surface area contributed by atoms with E-state index in [1.165, 1.54) is 18.2 Å². The van der Waals surface area contributed by atoms with Crippen molar-refractivity contribution in [2.75, 3.05) is 59.4 Å². The van der Waals surface area contributed by atoms with Crippen molar-refractivity contribution in [3.63, 3.8) is 0 Å². The van der Waals surface area contributed by atoms with E-state index in [-0.39, 0.29) is 5.69 Å². The molecule has 0 saturated carbocycles. The molecule has 4 aromatic rings. The molecule has 3 heterocycles. The van der Waals surface area contributed by atoms with Crippen LogP contribution in [-0.4, -0.2) is 60.0 Å². The highest BCUT2D eigenvalue weighted by Crippen LogP contribution is 2.41. The summed E-state index contributed by atoms with van der Waals surface area (Å²) in [5, 5.41) is 19.6. The van der Waals surface area contributed by atoms with Crippen LogP contribution in [0.25, 0.3) is 10.9 Å². The lowest BCUT2D eigenvalue weighted by Gasteiger charge is -2.34. The lowest BCUT2D eigenvalue weighted by Crippen LogP contribution is -2.59. The first-order valence-electron chi connectivity index (χ1n) is 12.5. The monoisotopic (exact) mass is 536 g/mol. The number of anilines is 5. The molecule has 202 valence electrons. The number of hydrogen-bond acceptors (Lipinski definition) is 7. The molecule has 1 aromatic heterocycles. The fourth-order valence-electron chi connectivity index (χ4n) is 4.96. The van der Waals surface area contributed by atoms with Crippen LogP contribution in [0.2, 0.25) is 0 Å². The number of amides is 1. The Morgan fingerprint density at radius 2 is 1.74 bits per heavy atom. The van der Waals surface area contributed by atoms with Gasteiger partial charge in [-0.3, -0.25) is 9.89 Å². The number of aromatic amines is 1. The van der Waals surface area contributed by atoms with Gasteiger partial charge >= 0.3 is 6.18 Å². The lowest BCUT2D eigenvalue weighted by molar-refractivity contribution is -0.137. The van der Waals surface area contributed by atoms with Crippen LogP contribution >= 0.6 is 0 Å². The van der Waals surface area contributed by atoms with Gasteiger partial charge in [0, 0.05) is 48.6 Å². The number of H-pyrrole nitrogens is 1. The molecule has 0 aliphatic carbocycles. The standard InChI is InChI=1S/C27H27F3N8O/c1-37-10-12-38(13-11-37)19-7-9-23-24(15-19)35-27(34-23,33-22-5-3-2-4-20(22)26(28,29)30)25(39)32-18-6-8-21-17(14-18)16-31-36-21/h2-9,14-16,33-35H,10-13H2,1H3,(H,31,36)(H,32,39). The first kappa shape index (κ1) is 24.9. The van der Waals surface area contributed by atoms with Crippen LogP contribution in [0.4, 0.5) is 41.6 Å². The van der Waals surface area contributed by atoms with Crippen LogP contribution in [0.1, 0.15) is 5.56 Å². The Kier molecular flexibility index (Phi) is 5.98. The predicted octanol–water partition coefficient (Wildman–Crippen LogP) is 4.58. The number of nitrogens with one attached hydrogen (secondary N) is 5. The molecule has 12 heteroatoms. The Bertz CT molecular complexity index is 1530. The highest BCUT2D eigenvalue weighted by atomic mass is 19.4. The number of aromatic nitrogens is 2. The van der Waals surface area contributed by atoms with Gasteiger partial charge < -0.3 is 31.1 Å². The normalized spacial score (nSPS) is 19.3. The maximum Gasteiger partial charge on any atom is 0.418 e. The van der Waals surface area contributed by atoms with E-state index in [0.29, 0.717) is 17.1 Å². The molecule has 0 spiro atoms. The average molecular weight is 537 g/mol. The van der Waals surface area contributed by atoms with Crippen molar-refractivity contribution in [3.8, 4) is 0 Å². The summed E-state index contributed by atoms with van der Waals surface area (Å²) in [5.41, 5.74) is 2.30. The number of fused-ring (bicyclic) bond motifs is 2. The van der Waals surface area contributed by atoms with Crippen LogP contribution in [0.15, 0.2) is 66.9 Å². The number of alkyl halides is 3. The fraction of sp³-hybridized carbons (Fsp3) is 0.259. The fourth-order valence-corrected chi connectivity index (χ4v) is 4.96. The minimum Gasteiger partial charge on any atom is -0.369 e. The van der Waals surface area contributed by atoms with Crippen LogP contribution in [-0.2, 0) is 11.0 Å². The molecule has 3 aromatic carbocycles. The molecule has 5 N–H and O–H groups in total. The second-order valence-corrected chi connectivity index (χ2v) is 9.81. The zero-order chi connectivity index (χ0) is 27.2. The molecular weight excluding hydrogens is 509 g/mol. The van der Waals surface area contributed by atoms with Gasteiger partial charge in [0.25, 0.3) is 11.7 Å². The smallest absolute Gasteiger partial charge is 0.369 e. The summed E-state index contributed by atoms with van der Waals surface area (Å²) < 4.78 is 41.6. The Labute approximate surface area is 222 Å². The predicted molar refractivity (Wildman–Crippen MR) is 146 cm³/mol. The van der Waals surface area contributed by atoms with Gasteiger partial charge in [0.05, 0.1) is 28.7 Å². The maximum absolute atomic E-state index is 13.9. The number of carbonyl (C=O) groups excluding carboxylic acids is 1. The molecule has 39 heavy (non-hydrogen) atoms. The molecule has 9 nitrogen and oxygen atoms in total. The largest absolute Gasteiger partial charge is 0.418 e. The third-order valence-electron chi connectivity index (χ3n) is 7.11. The van der Waals surface area contributed by atoms with Gasteiger partial charge in [-0.2, -0.15) is 18.3 Å².